The van der Waals surface area contributed by atoms with Gasteiger partial charge in [-0.15, -0.1) is 0 Å². The Morgan fingerprint density at radius 2 is 1.76 bits per heavy atom. The van der Waals surface area contributed by atoms with Crippen LogP contribution in [0.2, 0.25) is 0 Å². The molecule has 25 heavy (non-hydrogen) atoms. The Balaban J connectivity index is 2.09. The van der Waals surface area contributed by atoms with E-state index in [0.717, 1.165) is 19.3 Å². The molecular weight excluding hydrogens is 338 g/mol. The highest BCUT2D eigenvalue weighted by molar-refractivity contribution is 7.89. The number of nitrogens with two attached hydrogens (primary N) is 1. The molecular formula is C18H30N3O3S+. The minimum absolute atomic E-state index is 0.0136. The second kappa shape index (κ2) is 8.29. The molecule has 0 spiro atoms. The standard InChI is InChI=1S/C18H29N3O3S/c1-13(2)19-12-18(22)20-16-8-10-17(11-9-16)25(23,24)21-14(3)6-5-7-15(21)4/h8-11,13-15,19H,5-7,12H2,1-4H3,(H,20,22)/p+1/t14-,15-/m0/s1. The van der Waals surface area contributed by atoms with Gasteiger partial charge in [-0.25, -0.2) is 8.42 Å². The maximum absolute atomic E-state index is 13.0. The number of hydrogen-bond acceptors (Lipinski definition) is 3. The lowest BCUT2D eigenvalue weighted by atomic mass is 10.0. The number of hydrogen-bond donors (Lipinski definition) is 2. The third-order valence-corrected chi connectivity index (χ3v) is 6.74. The lowest BCUT2D eigenvalue weighted by molar-refractivity contribution is -0.672. The van der Waals surface area contributed by atoms with Gasteiger partial charge in [0.2, 0.25) is 10.0 Å². The predicted molar refractivity (Wildman–Crippen MR) is 98.8 cm³/mol. The molecule has 1 saturated heterocycles. The molecule has 1 aromatic rings. The van der Waals surface area contributed by atoms with Gasteiger partial charge in [0.05, 0.1) is 10.9 Å². The molecule has 0 aliphatic carbocycles. The number of amides is 1. The normalized spacial score (nSPS) is 22.1. The molecule has 2 rings (SSSR count). The van der Waals surface area contributed by atoms with Crippen molar-refractivity contribution < 1.29 is 18.5 Å². The lowest BCUT2D eigenvalue weighted by Crippen LogP contribution is -2.90. The van der Waals surface area contributed by atoms with Crippen LogP contribution in [-0.4, -0.2) is 43.3 Å². The topological polar surface area (TPSA) is 83.1 Å². The quantitative estimate of drug-likeness (QED) is 0.799. The molecule has 1 heterocycles. The molecule has 1 aliphatic rings. The van der Waals surface area contributed by atoms with Crippen LogP contribution in [0, 0.1) is 0 Å². The Labute approximate surface area is 151 Å². The van der Waals surface area contributed by atoms with Crippen molar-refractivity contribution in [1.82, 2.24) is 4.31 Å². The van der Waals surface area contributed by atoms with E-state index in [0.29, 0.717) is 18.3 Å². The van der Waals surface area contributed by atoms with Crippen molar-refractivity contribution in [3.05, 3.63) is 24.3 Å². The van der Waals surface area contributed by atoms with Gasteiger partial charge in [0, 0.05) is 17.8 Å². The largest absolute Gasteiger partial charge is 0.336 e. The number of carbonyl (C=O) groups excluding carboxylic acids is 1. The Morgan fingerprint density at radius 3 is 2.28 bits per heavy atom. The Morgan fingerprint density at radius 1 is 1.20 bits per heavy atom. The van der Waals surface area contributed by atoms with Crippen molar-refractivity contribution in [3.63, 3.8) is 0 Å². The number of nitrogens with zero attached hydrogens (tertiary/aromatic N) is 1. The number of sulfonamides is 1. The molecule has 3 N–H and O–H groups in total. The average molecular weight is 369 g/mol. The summed E-state index contributed by atoms with van der Waals surface area (Å²) in [5.41, 5.74) is 0.612. The molecule has 0 bridgehead atoms. The molecule has 0 saturated carbocycles. The monoisotopic (exact) mass is 368 g/mol. The minimum Gasteiger partial charge on any atom is -0.336 e. The van der Waals surface area contributed by atoms with Gasteiger partial charge < -0.3 is 10.6 Å². The van der Waals surface area contributed by atoms with Crippen LogP contribution in [0.3, 0.4) is 0 Å². The van der Waals surface area contributed by atoms with Gasteiger partial charge in [0.1, 0.15) is 0 Å². The molecule has 0 unspecified atom stereocenters. The zero-order valence-electron chi connectivity index (χ0n) is 15.5. The average Bonchev–Trinajstić information content (AvgIpc) is 2.53. The zero-order valence-corrected chi connectivity index (χ0v) is 16.3. The molecule has 140 valence electrons. The van der Waals surface area contributed by atoms with Gasteiger partial charge >= 0.3 is 0 Å². The fraction of sp³-hybridized carbons (Fsp3) is 0.611. The highest BCUT2D eigenvalue weighted by Crippen LogP contribution is 2.29. The maximum Gasteiger partial charge on any atom is 0.279 e. The van der Waals surface area contributed by atoms with E-state index < -0.39 is 10.0 Å². The van der Waals surface area contributed by atoms with Gasteiger partial charge in [-0.2, -0.15) is 4.31 Å². The van der Waals surface area contributed by atoms with E-state index in [9.17, 15) is 13.2 Å². The van der Waals surface area contributed by atoms with Crippen LogP contribution >= 0.6 is 0 Å². The first-order chi connectivity index (χ1) is 11.7. The summed E-state index contributed by atoms with van der Waals surface area (Å²) in [6.07, 6.45) is 2.85. The summed E-state index contributed by atoms with van der Waals surface area (Å²) in [7, 11) is -3.51. The highest BCUT2D eigenvalue weighted by atomic mass is 32.2. The van der Waals surface area contributed by atoms with E-state index in [1.54, 1.807) is 28.6 Å². The second-order valence-electron chi connectivity index (χ2n) is 7.22. The summed E-state index contributed by atoms with van der Waals surface area (Å²) in [6.45, 7) is 8.33. The molecule has 1 amide bonds. The molecule has 1 fully saturated rings. The number of quaternary nitrogens is 1. The van der Waals surface area contributed by atoms with Crippen LogP contribution in [0.4, 0.5) is 5.69 Å². The molecule has 7 heteroatoms. The SMILES string of the molecule is CC(C)[NH2+]CC(=O)Nc1ccc(S(=O)(=O)N2[C@@H](C)CCC[C@@H]2C)cc1. The van der Waals surface area contributed by atoms with Crippen LogP contribution in [0.25, 0.3) is 0 Å². The molecule has 1 aliphatic heterocycles. The molecule has 1 aromatic carbocycles. The van der Waals surface area contributed by atoms with Gasteiger partial charge in [-0.3, -0.25) is 4.79 Å². The van der Waals surface area contributed by atoms with Gasteiger partial charge in [0.25, 0.3) is 5.91 Å². The second-order valence-corrected chi connectivity index (χ2v) is 9.06. The number of piperidine rings is 1. The first kappa shape index (κ1) is 19.9. The van der Waals surface area contributed by atoms with Crippen LogP contribution < -0.4 is 10.6 Å². The van der Waals surface area contributed by atoms with Crippen molar-refractivity contribution in [3.8, 4) is 0 Å². The summed E-state index contributed by atoms with van der Waals surface area (Å²) in [5.74, 6) is -0.0948. The van der Waals surface area contributed by atoms with E-state index >= 15 is 0 Å². The lowest BCUT2D eigenvalue weighted by Gasteiger charge is -2.37. The van der Waals surface area contributed by atoms with E-state index in [1.807, 2.05) is 33.0 Å². The zero-order chi connectivity index (χ0) is 18.6. The third kappa shape index (κ3) is 5.03. The number of nitrogens with one attached hydrogen (secondary N) is 1. The van der Waals surface area contributed by atoms with Crippen LogP contribution in [0.15, 0.2) is 29.2 Å². The van der Waals surface area contributed by atoms with Gasteiger partial charge in [-0.05, 0) is 64.8 Å². The van der Waals surface area contributed by atoms with E-state index in [1.165, 1.54) is 0 Å². The van der Waals surface area contributed by atoms with Crippen LogP contribution in [0.5, 0.6) is 0 Å². The predicted octanol–water partition coefficient (Wildman–Crippen LogP) is 1.55. The molecule has 2 atom stereocenters. The third-order valence-electron chi connectivity index (χ3n) is 4.60. The molecule has 0 radical (unpaired) electrons. The minimum atomic E-state index is -3.51. The van der Waals surface area contributed by atoms with Crippen molar-refractivity contribution >= 4 is 21.6 Å². The molecule has 0 aromatic heterocycles. The van der Waals surface area contributed by atoms with E-state index in [4.69, 9.17) is 0 Å². The van der Waals surface area contributed by atoms with Gasteiger partial charge in [-0.1, -0.05) is 6.42 Å². The number of carbonyl (C=O) groups is 1. The van der Waals surface area contributed by atoms with Crippen molar-refractivity contribution in [2.24, 2.45) is 0 Å². The number of rotatable bonds is 6. The summed E-state index contributed by atoms with van der Waals surface area (Å²) in [5, 5.41) is 4.73. The fourth-order valence-corrected chi connectivity index (χ4v) is 5.14. The summed E-state index contributed by atoms with van der Waals surface area (Å²) < 4.78 is 27.5. The van der Waals surface area contributed by atoms with Crippen molar-refractivity contribution in [2.45, 2.75) is 70.0 Å². The summed E-state index contributed by atoms with van der Waals surface area (Å²) >= 11 is 0. The first-order valence-electron chi connectivity index (χ1n) is 8.98. The fourth-order valence-electron chi connectivity index (χ4n) is 3.26. The maximum atomic E-state index is 13.0. The first-order valence-corrected chi connectivity index (χ1v) is 10.4. The number of benzene rings is 1. The highest BCUT2D eigenvalue weighted by Gasteiger charge is 2.35. The van der Waals surface area contributed by atoms with Crippen molar-refractivity contribution in [2.75, 3.05) is 11.9 Å². The van der Waals surface area contributed by atoms with E-state index in [2.05, 4.69) is 5.32 Å². The summed E-state index contributed by atoms with van der Waals surface area (Å²) in [6, 6.07) is 6.83. The molecule has 6 nitrogen and oxygen atoms in total. The van der Waals surface area contributed by atoms with Crippen LogP contribution in [-0.2, 0) is 14.8 Å². The van der Waals surface area contributed by atoms with Crippen LogP contribution in [0.1, 0.15) is 47.0 Å². The Kier molecular flexibility index (Phi) is 6.59. The van der Waals surface area contributed by atoms with Gasteiger partial charge in [0.15, 0.2) is 6.54 Å². The van der Waals surface area contributed by atoms with Crippen molar-refractivity contribution in [1.29, 1.82) is 0 Å². The Bertz CT molecular complexity index is 676. The summed E-state index contributed by atoms with van der Waals surface area (Å²) in [4.78, 5) is 12.1. The smallest absolute Gasteiger partial charge is 0.279 e. The van der Waals surface area contributed by atoms with E-state index in [-0.39, 0.29) is 22.9 Å². The number of anilines is 1. The Hall–Kier alpha value is -1.44.